The van der Waals surface area contributed by atoms with Gasteiger partial charge in [0.15, 0.2) is 11.6 Å². The number of nitrogens with two attached hydrogens (primary N) is 3. The summed E-state index contributed by atoms with van der Waals surface area (Å²) in [7, 11) is 0. The molecular formula is C60H81N7O11S. The molecule has 1 aliphatic heterocycles. The van der Waals surface area contributed by atoms with Crippen molar-refractivity contribution in [3.05, 3.63) is 138 Å². The van der Waals surface area contributed by atoms with E-state index in [1.165, 1.54) is 20.8 Å². The number of hydrogen-bond donors (Lipinski definition) is 7. The van der Waals surface area contributed by atoms with Crippen molar-refractivity contribution in [1.29, 1.82) is 0 Å². The Balaban J connectivity index is 1.50. The first kappa shape index (κ1) is 63.2. The van der Waals surface area contributed by atoms with Crippen molar-refractivity contribution in [3.63, 3.8) is 0 Å². The van der Waals surface area contributed by atoms with Gasteiger partial charge in [0.25, 0.3) is 11.8 Å². The smallest absolute Gasteiger partial charge is 0.418 e. The quantitative estimate of drug-likeness (QED) is 0.0140. The molecule has 9 N–H and O–H groups in total. The maximum atomic E-state index is 16.1. The van der Waals surface area contributed by atoms with Gasteiger partial charge in [-0.25, -0.2) is 19.3 Å². The van der Waals surface area contributed by atoms with Crippen LogP contribution in [-0.4, -0.2) is 130 Å². The van der Waals surface area contributed by atoms with Crippen LogP contribution in [0.4, 0.5) is 9.59 Å². The number of piperidine rings is 1. The van der Waals surface area contributed by atoms with E-state index in [9.17, 15) is 19.5 Å². The summed E-state index contributed by atoms with van der Waals surface area (Å²) in [5.74, 6) is -7.69. The van der Waals surface area contributed by atoms with E-state index in [1.54, 1.807) is 29.2 Å². The number of hydrogen-bond acceptors (Lipinski definition) is 15. The lowest BCUT2D eigenvalue weighted by Crippen LogP contribution is -2.76. The predicted molar refractivity (Wildman–Crippen MR) is 305 cm³/mol. The van der Waals surface area contributed by atoms with Crippen LogP contribution in [0.1, 0.15) is 109 Å². The molecule has 0 radical (unpaired) electrons. The number of ether oxygens (including phenoxy) is 3. The summed E-state index contributed by atoms with van der Waals surface area (Å²) in [5.41, 5.74) is 14.1. The fraction of sp³-hybridized carbons (Fsp3) is 0.483. The van der Waals surface area contributed by atoms with E-state index < -0.39 is 88.8 Å². The summed E-state index contributed by atoms with van der Waals surface area (Å²) in [6.07, 6.45) is 1.98. The first-order valence-corrected chi connectivity index (χ1v) is 27.7. The second-order valence-electron chi connectivity index (χ2n) is 21.9. The zero-order valence-corrected chi connectivity index (χ0v) is 47.4. The van der Waals surface area contributed by atoms with E-state index in [0.717, 1.165) is 32.1 Å². The number of thiol groups is 1. The summed E-state index contributed by atoms with van der Waals surface area (Å²) >= 11 is 4.68. The maximum Gasteiger partial charge on any atom is 0.418 e. The third kappa shape index (κ3) is 16.5. The number of carbonyl (C=O) groups excluding carboxylic acids is 6. The lowest BCUT2D eigenvalue weighted by atomic mass is 9.72. The van der Waals surface area contributed by atoms with E-state index in [4.69, 9.17) is 31.4 Å². The van der Waals surface area contributed by atoms with Gasteiger partial charge in [-0.05, 0) is 127 Å². The number of nitrogens with zero attached hydrogens (tertiary/aromatic N) is 2. The first-order valence-electron chi connectivity index (χ1n) is 27.1. The first-order chi connectivity index (χ1) is 37.6. The molecule has 1 fully saturated rings. The highest BCUT2D eigenvalue weighted by molar-refractivity contribution is 7.80. The number of carboxylic acids is 1. The Labute approximate surface area is 470 Å². The molecule has 18 nitrogen and oxygen atoms in total. The van der Waals surface area contributed by atoms with E-state index in [0.29, 0.717) is 58.5 Å². The highest BCUT2D eigenvalue weighted by atomic mass is 32.1. The van der Waals surface area contributed by atoms with Crippen molar-refractivity contribution in [1.82, 2.24) is 20.4 Å². The van der Waals surface area contributed by atoms with Gasteiger partial charge < -0.3 is 46.7 Å². The van der Waals surface area contributed by atoms with E-state index in [2.05, 4.69) is 23.3 Å². The van der Waals surface area contributed by atoms with Crippen molar-refractivity contribution in [2.45, 2.75) is 127 Å². The van der Waals surface area contributed by atoms with Gasteiger partial charge in [0.05, 0.1) is 37.2 Å². The molecular weight excluding hydrogens is 1030 g/mol. The number of unbranched alkanes of at least 4 members (excludes halogenated alkanes) is 1. The van der Waals surface area contributed by atoms with Gasteiger partial charge in [-0.2, -0.15) is 12.6 Å². The summed E-state index contributed by atoms with van der Waals surface area (Å²) in [4.78, 5) is 104. The number of likely N-dealkylation sites (tertiary alicyclic amines) is 1. The van der Waals surface area contributed by atoms with Crippen molar-refractivity contribution in [2.75, 3.05) is 45.1 Å². The molecule has 4 unspecified atom stereocenters. The SMILES string of the molecule is CC(C)(C)OC(=O)N1CCC(CCCCOc2ccc(CC(NC(=O)C(C(=O)CN)(C(CCCN)C(=O)CN)N(C(=O)OC(C)(C)C)C(=O)C(CS)NC(c3ccccc3)(c3ccccc3)c3ccccc3)C(=O)O)cc2)CC1. The normalized spacial score (nSPS) is 15.1. The number of benzene rings is 4. The Kier molecular flexibility index (Phi) is 23.2. The van der Waals surface area contributed by atoms with Crippen LogP contribution in [0, 0.1) is 11.8 Å². The average molecular weight is 1110 g/mol. The molecule has 0 saturated carbocycles. The average Bonchev–Trinajstić information content (AvgIpc) is 3.48. The Hall–Kier alpha value is -6.64. The number of amides is 4. The number of carboxylic acid groups (broad SMARTS) is 1. The second-order valence-corrected chi connectivity index (χ2v) is 22.3. The minimum absolute atomic E-state index is 0.0133. The second kappa shape index (κ2) is 29.0. The molecule has 4 aromatic rings. The van der Waals surface area contributed by atoms with Crippen molar-refractivity contribution < 1.29 is 52.9 Å². The zero-order valence-electron chi connectivity index (χ0n) is 46.5. The molecule has 4 atom stereocenters. The Bertz CT molecular complexity index is 2550. The van der Waals surface area contributed by atoms with Crippen molar-refractivity contribution in [2.24, 2.45) is 29.0 Å². The van der Waals surface area contributed by atoms with Gasteiger partial charge in [0.2, 0.25) is 5.54 Å². The largest absolute Gasteiger partial charge is 0.494 e. The highest BCUT2D eigenvalue weighted by Gasteiger charge is 2.63. The Morgan fingerprint density at radius 3 is 1.70 bits per heavy atom. The number of aliphatic carboxylic acids is 1. The van der Waals surface area contributed by atoms with Crippen LogP contribution in [0.25, 0.3) is 0 Å². The van der Waals surface area contributed by atoms with Crippen LogP contribution < -0.4 is 32.6 Å². The number of Topliss-reactive ketones (excluding diaryl/α,β-unsaturated/α-hetero) is 2. The summed E-state index contributed by atoms with van der Waals surface area (Å²) in [6.45, 7) is 10.00. The molecule has 4 aromatic carbocycles. The van der Waals surface area contributed by atoms with Crippen LogP contribution >= 0.6 is 12.6 Å². The molecule has 0 aromatic heterocycles. The lowest BCUT2D eigenvalue weighted by molar-refractivity contribution is -0.163. The summed E-state index contributed by atoms with van der Waals surface area (Å²) in [5, 5.41) is 16.8. The molecule has 1 aliphatic rings. The topological polar surface area (TPSA) is 276 Å². The van der Waals surface area contributed by atoms with Crippen molar-refractivity contribution >= 4 is 54.2 Å². The van der Waals surface area contributed by atoms with Gasteiger partial charge in [0.1, 0.15) is 23.0 Å². The van der Waals surface area contributed by atoms with Gasteiger partial charge in [0, 0.05) is 25.3 Å². The summed E-state index contributed by atoms with van der Waals surface area (Å²) in [6, 6.07) is 30.8. The van der Waals surface area contributed by atoms with E-state index >= 15 is 19.2 Å². The number of nitrogens with one attached hydrogen (secondary N) is 2. The molecule has 0 aliphatic carbocycles. The molecule has 428 valence electrons. The lowest BCUT2D eigenvalue weighted by Gasteiger charge is -2.46. The molecule has 1 heterocycles. The monoisotopic (exact) mass is 1110 g/mol. The van der Waals surface area contributed by atoms with Gasteiger partial charge >= 0.3 is 18.2 Å². The van der Waals surface area contributed by atoms with Gasteiger partial charge in [-0.1, -0.05) is 110 Å². The highest BCUT2D eigenvalue weighted by Crippen LogP contribution is 2.40. The van der Waals surface area contributed by atoms with E-state index in [1.807, 2.05) is 112 Å². The zero-order chi connectivity index (χ0) is 58.0. The van der Waals surface area contributed by atoms with Crippen LogP contribution in [-0.2, 0) is 45.4 Å². The third-order valence-corrected chi connectivity index (χ3v) is 14.3. The minimum atomic E-state index is -3.21. The molecule has 1 saturated heterocycles. The predicted octanol–water partition coefficient (Wildman–Crippen LogP) is 6.79. The number of imide groups is 1. The van der Waals surface area contributed by atoms with Crippen LogP contribution in [0.5, 0.6) is 5.75 Å². The van der Waals surface area contributed by atoms with Gasteiger partial charge in [-0.15, -0.1) is 0 Å². The molecule has 0 bridgehead atoms. The summed E-state index contributed by atoms with van der Waals surface area (Å²) < 4.78 is 17.5. The molecule has 79 heavy (non-hydrogen) atoms. The molecule has 0 spiro atoms. The molecule has 5 rings (SSSR count). The standard InChI is InChI=1S/C60H81N7O11S/c1-57(2,3)77-55(74)66-34-31-41(32-35-66)19-16-17-36-76-46-29-27-42(28-30-46)37-48(53(71)72)64-54(73)60(51(69)39-63,47(26-18-33-61)50(68)38-62)67(56(75)78-58(4,5)6)52(70)49(40-79)65-59(43-20-10-7-11-21-43,44-22-12-8-13-23-44)45-24-14-9-15-25-45/h7-15,20-25,27-30,41,47-49,65,79H,16-19,26,31-40,61-63H2,1-6H3,(H,64,73)(H,71,72). The van der Waals surface area contributed by atoms with Crippen LogP contribution in [0.2, 0.25) is 0 Å². The Morgan fingerprint density at radius 2 is 1.24 bits per heavy atom. The van der Waals surface area contributed by atoms with Gasteiger partial charge in [-0.3, -0.25) is 24.5 Å². The number of ketones is 2. The maximum absolute atomic E-state index is 16.1. The number of rotatable bonds is 27. The van der Waals surface area contributed by atoms with Crippen LogP contribution in [0.15, 0.2) is 115 Å². The van der Waals surface area contributed by atoms with E-state index in [-0.39, 0.29) is 37.7 Å². The molecule has 4 amide bonds. The fourth-order valence-corrected chi connectivity index (χ4v) is 10.3. The van der Waals surface area contributed by atoms with Crippen molar-refractivity contribution in [3.8, 4) is 5.75 Å². The number of carbonyl (C=O) groups is 7. The minimum Gasteiger partial charge on any atom is -0.494 e. The third-order valence-electron chi connectivity index (χ3n) is 13.9. The van der Waals surface area contributed by atoms with Crippen LogP contribution in [0.3, 0.4) is 0 Å². The molecule has 19 heteroatoms. The fourth-order valence-electron chi connectivity index (χ4n) is 10.1. The Morgan fingerprint density at radius 1 is 0.709 bits per heavy atom.